The molecule has 1 unspecified atom stereocenters. The Morgan fingerprint density at radius 3 is 2.58 bits per heavy atom. The monoisotopic (exact) mass is 446 g/mol. The number of hydrogen-bond donors (Lipinski definition) is 2. The minimum Gasteiger partial charge on any atom is -0.477 e. The van der Waals surface area contributed by atoms with Gasteiger partial charge in [-0.3, -0.25) is 14.2 Å². The van der Waals surface area contributed by atoms with Gasteiger partial charge in [-0.05, 0) is 74.8 Å². The molecule has 1 aliphatic heterocycles. The maximum Gasteiger partial charge on any atom is 0.262 e. The van der Waals surface area contributed by atoms with Crippen molar-refractivity contribution < 1.29 is 23.7 Å². The fourth-order valence-electron chi connectivity index (χ4n) is 3.36. The van der Waals surface area contributed by atoms with Crippen LogP contribution < -0.4 is 5.48 Å². The van der Waals surface area contributed by atoms with Crippen LogP contribution in [0.25, 0.3) is 5.57 Å². The second-order valence-electron chi connectivity index (χ2n) is 7.87. The highest BCUT2D eigenvalue weighted by atomic mass is 32.2. The average Bonchev–Trinajstić information content (AvgIpc) is 3.64. The summed E-state index contributed by atoms with van der Waals surface area (Å²) in [6.45, 7) is 5.23. The summed E-state index contributed by atoms with van der Waals surface area (Å²) in [6.07, 6.45) is 8.52. The van der Waals surface area contributed by atoms with Crippen LogP contribution in [0.15, 0.2) is 52.5 Å². The van der Waals surface area contributed by atoms with E-state index in [1.165, 1.54) is 12.8 Å². The van der Waals surface area contributed by atoms with E-state index in [0.717, 1.165) is 11.1 Å². The summed E-state index contributed by atoms with van der Waals surface area (Å²) in [4.78, 5) is 17.3. The van der Waals surface area contributed by atoms with Crippen molar-refractivity contribution in [2.24, 2.45) is 10.9 Å². The smallest absolute Gasteiger partial charge is 0.262 e. The van der Waals surface area contributed by atoms with Gasteiger partial charge in [0.1, 0.15) is 4.75 Å². The summed E-state index contributed by atoms with van der Waals surface area (Å²) >= 11 is 0. The van der Waals surface area contributed by atoms with Crippen LogP contribution in [0.2, 0.25) is 0 Å². The second-order valence-corrected chi connectivity index (χ2v) is 9.66. The summed E-state index contributed by atoms with van der Waals surface area (Å²) in [5.41, 5.74) is 3.55. The molecule has 3 rings (SSSR count). The first-order valence-electron chi connectivity index (χ1n) is 10.5. The zero-order valence-corrected chi connectivity index (χ0v) is 18.8. The van der Waals surface area contributed by atoms with Crippen molar-refractivity contribution in [3.05, 3.63) is 48.2 Å². The first-order valence-corrected chi connectivity index (χ1v) is 11.7. The van der Waals surface area contributed by atoms with Crippen molar-refractivity contribution in [3.8, 4) is 0 Å². The highest BCUT2D eigenvalue weighted by Crippen LogP contribution is 2.33. The average molecular weight is 447 g/mol. The van der Waals surface area contributed by atoms with Gasteiger partial charge in [0.25, 0.3) is 5.91 Å². The third-order valence-corrected chi connectivity index (χ3v) is 7.56. The Morgan fingerprint density at radius 2 is 2.00 bits per heavy atom. The number of rotatable bonds is 8. The molecule has 1 saturated heterocycles. The molecular formula is C23H30N2O5S. The SMILES string of the molecule is CC=CC(=N/C=C(\C)c1ccc(S(=O)C2(C(=O)NO)CCOCC2)cc1)OCC1CC1. The highest BCUT2D eigenvalue weighted by Gasteiger charge is 2.46. The number of aliphatic imine (C=N–C) groups is 1. The summed E-state index contributed by atoms with van der Waals surface area (Å²) in [5.74, 6) is 0.607. The summed E-state index contributed by atoms with van der Waals surface area (Å²) in [6, 6.07) is 7.23. The third kappa shape index (κ3) is 5.90. The normalized spacial score (nSPS) is 20.5. The number of allylic oxidation sites excluding steroid dienone is 2. The van der Waals surface area contributed by atoms with E-state index in [2.05, 4.69) is 4.99 Å². The molecule has 31 heavy (non-hydrogen) atoms. The quantitative estimate of drug-likeness (QED) is 0.275. The highest BCUT2D eigenvalue weighted by molar-refractivity contribution is 7.87. The lowest BCUT2D eigenvalue weighted by atomic mass is 9.98. The molecule has 1 heterocycles. The van der Waals surface area contributed by atoms with Gasteiger partial charge >= 0.3 is 0 Å². The molecule has 1 aromatic carbocycles. The Morgan fingerprint density at radius 1 is 1.32 bits per heavy atom. The maximum atomic E-state index is 13.2. The van der Waals surface area contributed by atoms with E-state index < -0.39 is 21.5 Å². The van der Waals surface area contributed by atoms with Gasteiger partial charge in [-0.15, -0.1) is 0 Å². The molecule has 1 aromatic rings. The van der Waals surface area contributed by atoms with Crippen LogP contribution in [0.3, 0.4) is 0 Å². The molecule has 0 bridgehead atoms. The molecule has 1 amide bonds. The molecule has 2 fully saturated rings. The number of carbonyl (C=O) groups is 1. The molecule has 1 saturated carbocycles. The molecule has 168 valence electrons. The summed E-state index contributed by atoms with van der Waals surface area (Å²) in [5, 5.41) is 9.17. The van der Waals surface area contributed by atoms with Crippen LogP contribution in [0.5, 0.6) is 0 Å². The standard InChI is InChI=1S/C23H30N2O5S/c1-3-4-21(30-16-18-5-6-18)24-15-17(2)19-7-9-20(10-8-19)31(28)23(22(26)25-27)11-13-29-14-12-23/h3-4,7-10,15,18,27H,5-6,11-14,16H2,1-2H3,(H,25,26)/b4-3?,17-15+,24-21?. The number of hydrogen-bond acceptors (Lipinski definition) is 6. The number of amides is 1. The molecule has 8 heteroatoms. The fourth-order valence-corrected chi connectivity index (χ4v) is 4.95. The Bertz CT molecular complexity index is 882. The third-order valence-electron chi connectivity index (χ3n) is 5.55. The molecule has 0 radical (unpaired) electrons. The molecule has 0 spiro atoms. The van der Waals surface area contributed by atoms with Gasteiger partial charge in [0.15, 0.2) is 0 Å². The molecule has 7 nitrogen and oxygen atoms in total. The lowest BCUT2D eigenvalue weighted by molar-refractivity contribution is -0.134. The minimum atomic E-state index is -1.62. The van der Waals surface area contributed by atoms with Gasteiger partial charge in [0, 0.05) is 24.3 Å². The number of carbonyl (C=O) groups excluding carboxylic acids is 1. The van der Waals surface area contributed by atoms with Crippen molar-refractivity contribution >= 4 is 28.2 Å². The van der Waals surface area contributed by atoms with E-state index >= 15 is 0 Å². The Kier molecular flexibility index (Phi) is 8.17. The molecule has 0 aromatic heterocycles. The van der Waals surface area contributed by atoms with Gasteiger partial charge in [0.05, 0.1) is 17.4 Å². The molecular weight excluding hydrogens is 416 g/mol. The molecule has 1 aliphatic carbocycles. The number of nitrogens with one attached hydrogen (secondary N) is 1. The van der Waals surface area contributed by atoms with Crippen LogP contribution in [0.1, 0.15) is 45.1 Å². The minimum absolute atomic E-state index is 0.288. The van der Waals surface area contributed by atoms with Crippen LogP contribution >= 0.6 is 0 Å². The zero-order chi connectivity index (χ0) is 22.3. The predicted molar refractivity (Wildman–Crippen MR) is 120 cm³/mol. The maximum absolute atomic E-state index is 13.2. The number of ether oxygens (including phenoxy) is 2. The zero-order valence-electron chi connectivity index (χ0n) is 18.0. The van der Waals surface area contributed by atoms with E-state index in [4.69, 9.17) is 14.7 Å². The number of hydroxylamine groups is 1. The Balaban J connectivity index is 1.74. The molecule has 2 N–H and O–H groups in total. The van der Waals surface area contributed by atoms with Gasteiger partial charge in [-0.1, -0.05) is 18.2 Å². The van der Waals surface area contributed by atoms with E-state index in [0.29, 0.717) is 36.5 Å². The lowest BCUT2D eigenvalue weighted by Crippen LogP contribution is -2.52. The van der Waals surface area contributed by atoms with Crippen molar-refractivity contribution in [1.82, 2.24) is 5.48 Å². The van der Waals surface area contributed by atoms with E-state index in [1.54, 1.807) is 23.8 Å². The first-order chi connectivity index (χ1) is 15.0. The van der Waals surface area contributed by atoms with Crippen LogP contribution in [0.4, 0.5) is 0 Å². The second kappa shape index (κ2) is 10.8. The Labute approximate surface area is 185 Å². The Hall–Kier alpha value is -2.29. The van der Waals surface area contributed by atoms with E-state index in [9.17, 15) is 9.00 Å². The number of benzene rings is 1. The van der Waals surface area contributed by atoms with Crippen molar-refractivity contribution in [1.29, 1.82) is 0 Å². The van der Waals surface area contributed by atoms with Gasteiger partial charge in [-0.25, -0.2) is 10.5 Å². The first kappa shape index (κ1) is 23.4. The molecule has 1 atom stereocenters. The summed E-state index contributed by atoms with van der Waals surface area (Å²) < 4.78 is 23.1. The van der Waals surface area contributed by atoms with Crippen LogP contribution in [-0.2, 0) is 25.1 Å². The van der Waals surface area contributed by atoms with Crippen molar-refractivity contribution in [2.45, 2.75) is 49.2 Å². The lowest BCUT2D eigenvalue weighted by Gasteiger charge is -2.33. The van der Waals surface area contributed by atoms with Gasteiger partial charge in [0.2, 0.25) is 5.90 Å². The topological polar surface area (TPSA) is 97.2 Å². The van der Waals surface area contributed by atoms with Crippen molar-refractivity contribution in [2.75, 3.05) is 19.8 Å². The van der Waals surface area contributed by atoms with Crippen LogP contribution in [0, 0.1) is 5.92 Å². The van der Waals surface area contributed by atoms with E-state index in [1.807, 2.05) is 38.1 Å². The summed E-state index contributed by atoms with van der Waals surface area (Å²) in [7, 11) is -1.62. The van der Waals surface area contributed by atoms with Gasteiger partial charge < -0.3 is 9.47 Å². The number of nitrogens with zero attached hydrogens (tertiary/aromatic N) is 1. The van der Waals surface area contributed by atoms with Crippen molar-refractivity contribution in [3.63, 3.8) is 0 Å². The van der Waals surface area contributed by atoms with Crippen LogP contribution in [-0.4, -0.2) is 45.8 Å². The predicted octanol–water partition coefficient (Wildman–Crippen LogP) is 3.61. The molecule has 2 aliphatic rings. The fraction of sp³-hybridized carbons (Fsp3) is 0.478. The van der Waals surface area contributed by atoms with E-state index in [-0.39, 0.29) is 12.8 Å². The van der Waals surface area contributed by atoms with Gasteiger partial charge in [-0.2, -0.15) is 0 Å². The largest absolute Gasteiger partial charge is 0.477 e.